The number of aromatic amines is 1. The summed E-state index contributed by atoms with van der Waals surface area (Å²) < 4.78 is 5.62. The van der Waals surface area contributed by atoms with Gasteiger partial charge in [-0.1, -0.05) is 0 Å². The Bertz CT molecular complexity index is 596. The number of fused-ring (bicyclic) bond motifs is 1. The lowest BCUT2D eigenvalue weighted by Gasteiger charge is -2.09. The molecule has 0 saturated heterocycles. The van der Waals surface area contributed by atoms with Crippen molar-refractivity contribution < 1.29 is 14.6 Å². The van der Waals surface area contributed by atoms with E-state index < -0.39 is 5.97 Å². The van der Waals surface area contributed by atoms with E-state index in [4.69, 9.17) is 9.84 Å². The van der Waals surface area contributed by atoms with Crippen LogP contribution in [0.25, 0.3) is 17.0 Å². The van der Waals surface area contributed by atoms with Gasteiger partial charge in [-0.25, -0.2) is 4.79 Å². The van der Waals surface area contributed by atoms with Crippen molar-refractivity contribution >= 4 is 22.9 Å². The van der Waals surface area contributed by atoms with Gasteiger partial charge >= 0.3 is 5.97 Å². The number of hydrogen-bond donors (Lipinski definition) is 2. The molecule has 0 aliphatic heterocycles. The van der Waals surface area contributed by atoms with Crippen molar-refractivity contribution in [2.45, 2.75) is 20.0 Å². The van der Waals surface area contributed by atoms with Crippen molar-refractivity contribution in [3.05, 3.63) is 36.0 Å². The van der Waals surface area contributed by atoms with E-state index in [1.165, 1.54) is 0 Å². The van der Waals surface area contributed by atoms with Gasteiger partial charge < -0.3 is 14.8 Å². The van der Waals surface area contributed by atoms with Crippen LogP contribution in [-0.4, -0.2) is 22.2 Å². The van der Waals surface area contributed by atoms with Gasteiger partial charge in [-0.15, -0.1) is 0 Å². The van der Waals surface area contributed by atoms with Crippen molar-refractivity contribution in [2.75, 3.05) is 0 Å². The van der Waals surface area contributed by atoms with E-state index in [0.717, 1.165) is 28.3 Å². The molecule has 2 N–H and O–H groups in total. The van der Waals surface area contributed by atoms with Crippen molar-refractivity contribution in [1.29, 1.82) is 0 Å². The highest BCUT2D eigenvalue weighted by Crippen LogP contribution is 2.25. The van der Waals surface area contributed by atoms with Crippen LogP contribution in [0.2, 0.25) is 0 Å². The van der Waals surface area contributed by atoms with Crippen molar-refractivity contribution in [3.8, 4) is 5.75 Å². The molecular weight excluding hydrogens is 230 g/mol. The van der Waals surface area contributed by atoms with Crippen molar-refractivity contribution in [2.24, 2.45) is 0 Å². The number of aliphatic carboxylic acids is 1. The Hall–Kier alpha value is -2.23. The molecule has 1 heterocycles. The molecule has 0 aliphatic rings. The van der Waals surface area contributed by atoms with E-state index in [-0.39, 0.29) is 6.10 Å². The Balaban J connectivity index is 2.40. The number of nitrogens with one attached hydrogen (secondary N) is 1. The summed E-state index contributed by atoms with van der Waals surface area (Å²) in [4.78, 5) is 13.6. The van der Waals surface area contributed by atoms with Gasteiger partial charge in [-0.2, -0.15) is 0 Å². The zero-order chi connectivity index (χ0) is 13.1. The monoisotopic (exact) mass is 245 g/mol. The number of aromatic nitrogens is 1. The molecule has 0 fully saturated rings. The molecule has 2 rings (SSSR count). The summed E-state index contributed by atoms with van der Waals surface area (Å²) in [5, 5.41) is 9.59. The third-order valence-corrected chi connectivity index (χ3v) is 2.46. The van der Waals surface area contributed by atoms with Crippen LogP contribution >= 0.6 is 0 Å². The first-order valence-corrected chi connectivity index (χ1v) is 5.75. The highest BCUT2D eigenvalue weighted by molar-refractivity contribution is 5.93. The smallest absolute Gasteiger partial charge is 0.328 e. The highest BCUT2D eigenvalue weighted by Gasteiger charge is 2.04. The number of hydrogen-bond acceptors (Lipinski definition) is 2. The predicted molar refractivity (Wildman–Crippen MR) is 70.7 cm³/mol. The average Bonchev–Trinajstić information content (AvgIpc) is 2.68. The highest BCUT2D eigenvalue weighted by atomic mass is 16.5. The van der Waals surface area contributed by atoms with E-state index in [9.17, 15) is 4.79 Å². The molecule has 1 aromatic heterocycles. The van der Waals surface area contributed by atoms with Crippen LogP contribution in [0, 0.1) is 0 Å². The molecule has 94 valence electrons. The molecule has 0 radical (unpaired) electrons. The zero-order valence-corrected chi connectivity index (χ0v) is 10.3. The molecule has 4 heteroatoms. The Morgan fingerprint density at radius 3 is 2.89 bits per heavy atom. The molecule has 0 spiro atoms. The van der Waals surface area contributed by atoms with Crippen LogP contribution < -0.4 is 4.74 Å². The molecule has 0 amide bonds. The summed E-state index contributed by atoms with van der Waals surface area (Å²) >= 11 is 0. The number of benzene rings is 1. The fourth-order valence-corrected chi connectivity index (χ4v) is 1.77. The molecule has 18 heavy (non-hydrogen) atoms. The fourth-order valence-electron chi connectivity index (χ4n) is 1.77. The number of carbonyl (C=O) groups is 1. The SMILES string of the molecule is CC(C)Oc1ccc2[nH]cc(/C=C/C(=O)O)c2c1. The van der Waals surface area contributed by atoms with Crippen LogP contribution in [0.1, 0.15) is 19.4 Å². The number of carboxylic acid groups (broad SMARTS) is 1. The van der Waals surface area contributed by atoms with Gasteiger partial charge in [0.05, 0.1) is 6.10 Å². The second-order valence-electron chi connectivity index (χ2n) is 4.29. The quantitative estimate of drug-likeness (QED) is 0.814. The van der Waals surface area contributed by atoms with E-state index in [1.54, 1.807) is 12.3 Å². The van der Waals surface area contributed by atoms with Crippen LogP contribution in [-0.2, 0) is 4.79 Å². The average molecular weight is 245 g/mol. The lowest BCUT2D eigenvalue weighted by molar-refractivity contribution is -0.131. The summed E-state index contributed by atoms with van der Waals surface area (Å²) in [6.45, 7) is 3.93. The minimum Gasteiger partial charge on any atom is -0.491 e. The van der Waals surface area contributed by atoms with Gasteiger partial charge in [0.2, 0.25) is 0 Å². The van der Waals surface area contributed by atoms with E-state index in [0.29, 0.717) is 0 Å². The summed E-state index contributed by atoms with van der Waals surface area (Å²) in [5.41, 5.74) is 1.79. The van der Waals surface area contributed by atoms with E-state index >= 15 is 0 Å². The summed E-state index contributed by atoms with van der Waals surface area (Å²) in [6.07, 6.45) is 4.58. The molecule has 2 aromatic rings. The Kier molecular flexibility index (Phi) is 3.37. The summed E-state index contributed by atoms with van der Waals surface area (Å²) in [7, 11) is 0. The van der Waals surface area contributed by atoms with Crippen molar-refractivity contribution in [1.82, 2.24) is 4.98 Å². The van der Waals surface area contributed by atoms with Gasteiger partial charge in [0.15, 0.2) is 0 Å². The Morgan fingerprint density at radius 1 is 1.44 bits per heavy atom. The van der Waals surface area contributed by atoms with Crippen LogP contribution in [0.3, 0.4) is 0 Å². The number of H-pyrrole nitrogens is 1. The maximum atomic E-state index is 10.5. The van der Waals surface area contributed by atoms with Gasteiger partial charge in [0, 0.05) is 28.7 Å². The first kappa shape index (κ1) is 12.2. The molecule has 0 atom stereocenters. The largest absolute Gasteiger partial charge is 0.491 e. The maximum absolute atomic E-state index is 10.5. The molecule has 0 unspecified atom stereocenters. The van der Waals surface area contributed by atoms with Crippen LogP contribution in [0.4, 0.5) is 0 Å². The summed E-state index contributed by atoms with van der Waals surface area (Å²) in [6, 6.07) is 5.72. The minimum atomic E-state index is -0.959. The standard InChI is InChI=1S/C14H15NO3/c1-9(2)18-11-4-5-13-12(7-11)10(8-15-13)3-6-14(16)17/h3-9,15H,1-2H3,(H,16,17)/b6-3+. The second kappa shape index (κ2) is 4.96. The normalized spacial score (nSPS) is 11.5. The number of carboxylic acids is 1. The molecule has 4 nitrogen and oxygen atoms in total. The Morgan fingerprint density at radius 2 is 2.22 bits per heavy atom. The van der Waals surface area contributed by atoms with E-state index in [2.05, 4.69) is 4.98 Å². The summed E-state index contributed by atoms with van der Waals surface area (Å²) in [5.74, 6) is -0.180. The van der Waals surface area contributed by atoms with Crippen LogP contribution in [0.5, 0.6) is 5.75 Å². The zero-order valence-electron chi connectivity index (χ0n) is 10.3. The molecule has 0 bridgehead atoms. The fraction of sp³-hybridized carbons (Fsp3) is 0.214. The number of ether oxygens (including phenoxy) is 1. The second-order valence-corrected chi connectivity index (χ2v) is 4.29. The lowest BCUT2D eigenvalue weighted by Crippen LogP contribution is -2.05. The maximum Gasteiger partial charge on any atom is 0.328 e. The Labute approximate surface area is 105 Å². The predicted octanol–water partition coefficient (Wildman–Crippen LogP) is 3.05. The molecular formula is C14H15NO3. The molecule has 0 aliphatic carbocycles. The first-order valence-electron chi connectivity index (χ1n) is 5.75. The number of rotatable bonds is 4. The van der Waals surface area contributed by atoms with E-state index in [1.807, 2.05) is 32.0 Å². The molecule has 1 aromatic carbocycles. The third kappa shape index (κ3) is 2.71. The molecule has 0 saturated carbocycles. The van der Waals surface area contributed by atoms with Crippen LogP contribution in [0.15, 0.2) is 30.5 Å². The topological polar surface area (TPSA) is 62.3 Å². The van der Waals surface area contributed by atoms with Gasteiger partial charge in [-0.05, 0) is 38.1 Å². The van der Waals surface area contributed by atoms with Gasteiger partial charge in [0.25, 0.3) is 0 Å². The third-order valence-electron chi connectivity index (χ3n) is 2.46. The first-order chi connectivity index (χ1) is 8.56. The van der Waals surface area contributed by atoms with Crippen molar-refractivity contribution in [3.63, 3.8) is 0 Å². The van der Waals surface area contributed by atoms with Gasteiger partial charge in [-0.3, -0.25) is 0 Å². The van der Waals surface area contributed by atoms with Gasteiger partial charge in [0.1, 0.15) is 5.75 Å². The lowest BCUT2D eigenvalue weighted by atomic mass is 10.1. The minimum absolute atomic E-state index is 0.111.